The van der Waals surface area contributed by atoms with E-state index in [1.165, 1.54) is 10.5 Å². The molecule has 4 heteroatoms. The zero-order valence-corrected chi connectivity index (χ0v) is 15.0. The van der Waals surface area contributed by atoms with Crippen LogP contribution in [-0.4, -0.2) is 18.3 Å². The van der Waals surface area contributed by atoms with E-state index in [1.807, 2.05) is 49.9 Å². The predicted molar refractivity (Wildman–Crippen MR) is 98.7 cm³/mol. The Morgan fingerprint density at radius 3 is 2.96 bits per heavy atom. The summed E-state index contributed by atoms with van der Waals surface area (Å²) in [6.45, 7) is 4.46. The number of thioether (sulfide) groups is 1. The molecule has 1 heterocycles. The molecule has 0 saturated carbocycles. The van der Waals surface area contributed by atoms with E-state index in [0.717, 1.165) is 29.1 Å². The van der Waals surface area contributed by atoms with Crippen molar-refractivity contribution in [3.8, 4) is 5.75 Å². The first-order valence-corrected chi connectivity index (χ1v) is 9.33. The van der Waals surface area contributed by atoms with E-state index in [9.17, 15) is 4.79 Å². The third kappa shape index (κ3) is 4.12. The van der Waals surface area contributed by atoms with E-state index >= 15 is 0 Å². The van der Waals surface area contributed by atoms with Gasteiger partial charge in [-0.25, -0.2) is 0 Å². The van der Waals surface area contributed by atoms with E-state index in [4.69, 9.17) is 4.74 Å². The lowest BCUT2D eigenvalue weighted by Gasteiger charge is -2.25. The summed E-state index contributed by atoms with van der Waals surface area (Å²) in [5.41, 5.74) is 3.49. The highest BCUT2D eigenvalue weighted by atomic mass is 32.2. The number of rotatable bonds is 5. The number of carbonyl (C=O) groups excluding carboxylic acids is 1. The van der Waals surface area contributed by atoms with Gasteiger partial charge in [0, 0.05) is 10.6 Å². The molecule has 0 saturated heterocycles. The third-order valence-corrected chi connectivity index (χ3v) is 5.35. The molecule has 2 aromatic rings. The van der Waals surface area contributed by atoms with Crippen molar-refractivity contribution in [3.05, 3.63) is 59.2 Å². The first-order chi connectivity index (χ1) is 11.6. The van der Waals surface area contributed by atoms with E-state index < -0.39 is 0 Å². The van der Waals surface area contributed by atoms with Crippen LogP contribution >= 0.6 is 11.8 Å². The maximum Gasteiger partial charge on any atom is 0.223 e. The molecule has 1 amide bonds. The average Bonchev–Trinajstić information content (AvgIpc) is 2.58. The van der Waals surface area contributed by atoms with E-state index in [0.29, 0.717) is 13.0 Å². The van der Waals surface area contributed by atoms with Gasteiger partial charge in [-0.3, -0.25) is 4.79 Å². The van der Waals surface area contributed by atoms with Crippen molar-refractivity contribution < 1.29 is 9.53 Å². The van der Waals surface area contributed by atoms with Gasteiger partial charge in [0.1, 0.15) is 5.75 Å². The molecular weight excluding hydrogens is 318 g/mol. The number of nitrogens with one attached hydrogen (secondary N) is 1. The smallest absolute Gasteiger partial charge is 0.223 e. The van der Waals surface area contributed by atoms with E-state index in [-0.39, 0.29) is 11.9 Å². The fraction of sp³-hybridized carbons (Fsp3) is 0.350. The van der Waals surface area contributed by atoms with Crippen LogP contribution in [0.2, 0.25) is 0 Å². The molecule has 126 valence electrons. The number of benzene rings is 2. The van der Waals surface area contributed by atoms with Crippen LogP contribution in [0.3, 0.4) is 0 Å². The lowest BCUT2D eigenvalue weighted by Crippen LogP contribution is -2.31. The number of carbonyl (C=O) groups is 1. The van der Waals surface area contributed by atoms with Gasteiger partial charge in [-0.15, -0.1) is 11.8 Å². The fourth-order valence-electron chi connectivity index (χ4n) is 2.88. The van der Waals surface area contributed by atoms with E-state index in [2.05, 4.69) is 23.5 Å². The van der Waals surface area contributed by atoms with Gasteiger partial charge in [0.2, 0.25) is 5.91 Å². The minimum atomic E-state index is 0.0482. The molecule has 1 aliphatic rings. The fourth-order valence-corrected chi connectivity index (χ4v) is 4.00. The van der Waals surface area contributed by atoms with Gasteiger partial charge >= 0.3 is 0 Å². The van der Waals surface area contributed by atoms with Crippen LogP contribution < -0.4 is 10.1 Å². The maximum absolute atomic E-state index is 12.3. The largest absolute Gasteiger partial charge is 0.493 e. The average molecular weight is 341 g/mol. The monoisotopic (exact) mass is 341 g/mol. The summed E-state index contributed by atoms with van der Waals surface area (Å²) in [6, 6.07) is 14.6. The minimum absolute atomic E-state index is 0.0482. The summed E-state index contributed by atoms with van der Waals surface area (Å²) in [7, 11) is 0. The van der Waals surface area contributed by atoms with Gasteiger partial charge in [0.05, 0.1) is 19.1 Å². The highest BCUT2D eigenvalue weighted by molar-refractivity contribution is 7.99. The summed E-state index contributed by atoms with van der Waals surface area (Å²) < 4.78 is 5.78. The van der Waals surface area contributed by atoms with Crippen molar-refractivity contribution in [1.29, 1.82) is 0 Å². The number of amides is 1. The number of hydrogen-bond acceptors (Lipinski definition) is 3. The van der Waals surface area contributed by atoms with Crippen molar-refractivity contribution in [2.75, 3.05) is 12.4 Å². The van der Waals surface area contributed by atoms with Crippen molar-refractivity contribution in [1.82, 2.24) is 5.32 Å². The molecule has 3 nitrogen and oxygen atoms in total. The molecule has 0 fully saturated rings. The molecule has 0 aliphatic carbocycles. The molecule has 1 N–H and O–H groups in total. The molecular formula is C20H23NO2S. The van der Waals surface area contributed by atoms with Crippen LogP contribution in [0, 0.1) is 13.8 Å². The van der Waals surface area contributed by atoms with E-state index in [1.54, 1.807) is 0 Å². The predicted octanol–water partition coefficient (Wildman–Crippen LogP) is 4.43. The van der Waals surface area contributed by atoms with Crippen LogP contribution in [-0.2, 0) is 4.79 Å². The quantitative estimate of drug-likeness (QED) is 0.874. The molecule has 2 aromatic carbocycles. The number of aryl methyl sites for hydroxylation is 2. The van der Waals surface area contributed by atoms with Crippen molar-refractivity contribution in [2.45, 2.75) is 37.6 Å². The van der Waals surface area contributed by atoms with Gasteiger partial charge in [-0.05, 0) is 49.1 Å². The molecule has 0 aromatic heterocycles. The van der Waals surface area contributed by atoms with Crippen LogP contribution in [0.15, 0.2) is 47.4 Å². The van der Waals surface area contributed by atoms with Gasteiger partial charge in [0.15, 0.2) is 0 Å². The zero-order valence-electron chi connectivity index (χ0n) is 14.2. The Balaban J connectivity index is 1.53. The SMILES string of the molecule is Cc1ccc(C)c(OCCC(=O)N[C@H]2CCSc3ccccc32)c1. The van der Waals surface area contributed by atoms with Crippen LogP contribution in [0.25, 0.3) is 0 Å². The molecule has 1 aliphatic heterocycles. The summed E-state index contributed by atoms with van der Waals surface area (Å²) in [6.07, 6.45) is 1.35. The second-order valence-electron chi connectivity index (χ2n) is 6.16. The van der Waals surface area contributed by atoms with Crippen LogP contribution in [0.1, 0.15) is 35.6 Å². The summed E-state index contributed by atoms with van der Waals surface area (Å²) in [5.74, 6) is 1.95. The Kier molecular flexibility index (Phi) is 5.46. The highest BCUT2D eigenvalue weighted by Gasteiger charge is 2.21. The van der Waals surface area contributed by atoms with Gasteiger partial charge in [-0.1, -0.05) is 30.3 Å². The number of ether oxygens (including phenoxy) is 1. The normalized spacial score (nSPS) is 16.3. The van der Waals surface area contributed by atoms with Crippen molar-refractivity contribution in [3.63, 3.8) is 0 Å². The van der Waals surface area contributed by atoms with Gasteiger partial charge in [0.25, 0.3) is 0 Å². The third-order valence-electron chi connectivity index (χ3n) is 4.22. The molecule has 0 bridgehead atoms. The second kappa shape index (κ2) is 7.75. The Morgan fingerprint density at radius 1 is 1.25 bits per heavy atom. The second-order valence-corrected chi connectivity index (χ2v) is 7.30. The molecule has 3 rings (SSSR count). The molecule has 1 atom stereocenters. The van der Waals surface area contributed by atoms with Crippen molar-refractivity contribution in [2.24, 2.45) is 0 Å². The Morgan fingerprint density at radius 2 is 2.08 bits per heavy atom. The molecule has 24 heavy (non-hydrogen) atoms. The lowest BCUT2D eigenvalue weighted by atomic mass is 10.0. The summed E-state index contributed by atoms with van der Waals surface area (Å²) in [4.78, 5) is 13.5. The maximum atomic E-state index is 12.3. The molecule has 0 spiro atoms. The minimum Gasteiger partial charge on any atom is -0.493 e. The van der Waals surface area contributed by atoms with Crippen molar-refractivity contribution >= 4 is 17.7 Å². The Labute approximate surface area is 147 Å². The highest BCUT2D eigenvalue weighted by Crippen LogP contribution is 2.35. The summed E-state index contributed by atoms with van der Waals surface area (Å²) in [5, 5.41) is 3.16. The lowest BCUT2D eigenvalue weighted by molar-refractivity contribution is -0.122. The van der Waals surface area contributed by atoms with Crippen LogP contribution in [0.5, 0.6) is 5.75 Å². The first kappa shape index (κ1) is 16.9. The number of fused-ring (bicyclic) bond motifs is 1. The Hall–Kier alpha value is -1.94. The van der Waals surface area contributed by atoms with Gasteiger partial charge in [-0.2, -0.15) is 0 Å². The molecule has 0 radical (unpaired) electrons. The molecule has 0 unspecified atom stereocenters. The number of hydrogen-bond donors (Lipinski definition) is 1. The van der Waals surface area contributed by atoms with Gasteiger partial charge < -0.3 is 10.1 Å². The topological polar surface area (TPSA) is 38.3 Å². The Bertz CT molecular complexity index is 729. The first-order valence-electron chi connectivity index (χ1n) is 8.34. The standard InChI is InChI=1S/C20H23NO2S/c1-14-7-8-15(2)18(13-14)23-11-9-20(22)21-17-10-12-24-19-6-4-3-5-16(17)19/h3-8,13,17H,9-12H2,1-2H3,(H,21,22)/t17-/m0/s1. The zero-order chi connectivity index (χ0) is 16.9. The summed E-state index contributed by atoms with van der Waals surface area (Å²) >= 11 is 1.86. The van der Waals surface area contributed by atoms with Crippen LogP contribution in [0.4, 0.5) is 0 Å².